The fourth-order valence-electron chi connectivity index (χ4n) is 1.88. The quantitative estimate of drug-likeness (QED) is 0.745. The van der Waals surface area contributed by atoms with Crippen LogP contribution < -0.4 is 19.5 Å². The number of methoxy groups -OCH3 is 1. The van der Waals surface area contributed by atoms with Crippen molar-refractivity contribution in [3.8, 4) is 23.3 Å². The number of hydrogen-bond acceptors (Lipinski definition) is 6. The first kappa shape index (κ1) is 13.5. The second kappa shape index (κ2) is 6.27. The van der Waals surface area contributed by atoms with Gasteiger partial charge in [0.05, 0.1) is 13.2 Å². The van der Waals surface area contributed by atoms with Crippen molar-refractivity contribution in [2.24, 2.45) is 0 Å². The van der Waals surface area contributed by atoms with Crippen molar-refractivity contribution >= 4 is 0 Å². The van der Waals surface area contributed by atoms with Crippen molar-refractivity contribution in [3.05, 3.63) is 17.7 Å². The normalized spacial score (nSPS) is 13.9. The summed E-state index contributed by atoms with van der Waals surface area (Å²) in [4.78, 5) is 0. The smallest absolute Gasteiger partial charge is 0.231 e. The Balaban J connectivity index is 2.21. The van der Waals surface area contributed by atoms with Crippen LogP contribution in [0.25, 0.3) is 0 Å². The van der Waals surface area contributed by atoms with Crippen LogP contribution in [-0.2, 0) is 0 Å². The van der Waals surface area contributed by atoms with E-state index >= 15 is 0 Å². The molecule has 0 bridgehead atoms. The van der Waals surface area contributed by atoms with E-state index in [9.17, 15) is 5.26 Å². The molecular formula is C13H16N2O4. The highest BCUT2D eigenvalue weighted by Crippen LogP contribution is 2.42. The van der Waals surface area contributed by atoms with Gasteiger partial charge in [-0.2, -0.15) is 5.26 Å². The zero-order valence-electron chi connectivity index (χ0n) is 10.7. The minimum absolute atomic E-state index is 0.0929. The summed E-state index contributed by atoms with van der Waals surface area (Å²) in [6.45, 7) is 0.811. The van der Waals surface area contributed by atoms with Crippen LogP contribution in [0.1, 0.15) is 18.0 Å². The van der Waals surface area contributed by atoms with Crippen molar-refractivity contribution in [2.45, 2.75) is 12.5 Å². The van der Waals surface area contributed by atoms with Crippen molar-refractivity contribution in [2.75, 3.05) is 27.1 Å². The highest BCUT2D eigenvalue weighted by Gasteiger charge is 2.22. The Morgan fingerprint density at radius 2 is 2.37 bits per heavy atom. The topological polar surface area (TPSA) is 83.7 Å². The molecule has 0 aromatic heterocycles. The molecular weight excluding hydrogens is 248 g/mol. The number of aliphatic hydroxyl groups is 1. The van der Waals surface area contributed by atoms with Gasteiger partial charge in [0.15, 0.2) is 11.5 Å². The zero-order valence-corrected chi connectivity index (χ0v) is 10.7. The molecule has 1 aromatic rings. The summed E-state index contributed by atoms with van der Waals surface area (Å²) in [7, 11) is 1.54. The third-order valence-electron chi connectivity index (χ3n) is 2.83. The molecule has 1 aliphatic heterocycles. The molecule has 1 heterocycles. The number of nitrogens with zero attached hydrogens (tertiary/aromatic N) is 1. The van der Waals surface area contributed by atoms with E-state index in [1.807, 2.05) is 0 Å². The van der Waals surface area contributed by atoms with Crippen LogP contribution in [0.15, 0.2) is 12.1 Å². The Bertz CT molecular complexity index is 484. The van der Waals surface area contributed by atoms with Gasteiger partial charge in [-0.05, 0) is 30.7 Å². The van der Waals surface area contributed by atoms with E-state index in [0.717, 1.165) is 5.56 Å². The molecule has 0 radical (unpaired) electrons. The number of hydrogen-bond donors (Lipinski definition) is 2. The first-order valence-electron chi connectivity index (χ1n) is 6.01. The summed E-state index contributed by atoms with van der Waals surface area (Å²) < 4.78 is 15.9. The van der Waals surface area contributed by atoms with Gasteiger partial charge in [0.1, 0.15) is 6.04 Å². The van der Waals surface area contributed by atoms with Gasteiger partial charge in [-0.1, -0.05) is 0 Å². The molecule has 0 saturated carbocycles. The minimum Gasteiger partial charge on any atom is -0.493 e. The van der Waals surface area contributed by atoms with Crippen molar-refractivity contribution in [3.63, 3.8) is 0 Å². The first-order chi connectivity index (χ1) is 9.30. The summed E-state index contributed by atoms with van der Waals surface area (Å²) in [5.41, 5.74) is 0.751. The highest BCUT2D eigenvalue weighted by molar-refractivity contribution is 5.56. The van der Waals surface area contributed by atoms with Gasteiger partial charge in [0.25, 0.3) is 0 Å². The summed E-state index contributed by atoms with van der Waals surface area (Å²) in [5.74, 6) is 1.70. The van der Waals surface area contributed by atoms with Crippen LogP contribution in [0.2, 0.25) is 0 Å². The number of nitriles is 1. The Hall–Kier alpha value is -1.97. The zero-order chi connectivity index (χ0) is 13.7. The van der Waals surface area contributed by atoms with E-state index in [1.165, 1.54) is 0 Å². The third-order valence-corrected chi connectivity index (χ3v) is 2.83. The number of benzene rings is 1. The molecule has 102 valence electrons. The maximum Gasteiger partial charge on any atom is 0.231 e. The molecule has 2 N–H and O–H groups in total. The molecule has 6 heteroatoms. The fraction of sp³-hybridized carbons (Fsp3) is 0.462. The number of nitrogens with one attached hydrogen (secondary N) is 1. The van der Waals surface area contributed by atoms with Crippen molar-refractivity contribution in [1.29, 1.82) is 5.26 Å². The van der Waals surface area contributed by atoms with E-state index in [1.54, 1.807) is 19.2 Å². The lowest BCUT2D eigenvalue weighted by Gasteiger charge is -2.13. The van der Waals surface area contributed by atoms with Crippen LogP contribution in [0.3, 0.4) is 0 Å². The van der Waals surface area contributed by atoms with E-state index in [0.29, 0.717) is 30.2 Å². The van der Waals surface area contributed by atoms with Gasteiger partial charge in [-0.25, -0.2) is 0 Å². The fourth-order valence-corrected chi connectivity index (χ4v) is 1.88. The second-order valence-electron chi connectivity index (χ2n) is 4.05. The Labute approximate surface area is 111 Å². The Morgan fingerprint density at radius 1 is 1.53 bits per heavy atom. The van der Waals surface area contributed by atoms with Crippen molar-refractivity contribution in [1.82, 2.24) is 5.32 Å². The predicted molar refractivity (Wildman–Crippen MR) is 67.2 cm³/mol. The lowest BCUT2D eigenvalue weighted by molar-refractivity contribution is 0.171. The van der Waals surface area contributed by atoms with Crippen LogP contribution in [0.5, 0.6) is 17.2 Å². The monoisotopic (exact) mass is 264 g/mol. The molecule has 0 spiro atoms. The van der Waals surface area contributed by atoms with E-state index in [-0.39, 0.29) is 13.4 Å². The summed E-state index contributed by atoms with van der Waals surface area (Å²) in [5, 5.41) is 21.0. The molecule has 0 aliphatic carbocycles. The van der Waals surface area contributed by atoms with Gasteiger partial charge in [-0.15, -0.1) is 0 Å². The molecule has 19 heavy (non-hydrogen) atoms. The standard InChI is InChI=1S/C13H16N2O4/c1-17-11-5-9(6-12-13(11)19-8-18-12)10(7-14)15-3-2-4-16/h5-6,10,15-16H,2-4,8H2,1H3. The number of rotatable bonds is 6. The Morgan fingerprint density at radius 3 is 3.05 bits per heavy atom. The van der Waals surface area contributed by atoms with Crippen LogP contribution in [-0.4, -0.2) is 32.2 Å². The van der Waals surface area contributed by atoms with E-state index in [2.05, 4.69) is 11.4 Å². The van der Waals surface area contributed by atoms with Crippen LogP contribution in [0, 0.1) is 11.3 Å². The van der Waals surface area contributed by atoms with Crippen LogP contribution in [0.4, 0.5) is 0 Å². The molecule has 2 rings (SSSR count). The number of fused-ring (bicyclic) bond motifs is 1. The molecule has 0 fully saturated rings. The van der Waals surface area contributed by atoms with Gasteiger partial charge < -0.3 is 19.3 Å². The summed E-state index contributed by atoms with van der Waals surface area (Å²) in [6.07, 6.45) is 0.597. The lowest BCUT2D eigenvalue weighted by atomic mass is 10.1. The van der Waals surface area contributed by atoms with E-state index in [4.69, 9.17) is 19.3 Å². The summed E-state index contributed by atoms with van der Waals surface area (Å²) >= 11 is 0. The van der Waals surface area contributed by atoms with E-state index < -0.39 is 6.04 Å². The minimum atomic E-state index is -0.477. The molecule has 0 amide bonds. The maximum atomic E-state index is 9.20. The van der Waals surface area contributed by atoms with Gasteiger partial charge in [-0.3, -0.25) is 5.32 Å². The molecule has 1 unspecified atom stereocenters. The SMILES string of the molecule is COc1cc(C(C#N)NCCCO)cc2c1OCO2. The lowest BCUT2D eigenvalue weighted by Crippen LogP contribution is -2.21. The van der Waals surface area contributed by atoms with Gasteiger partial charge in [0.2, 0.25) is 12.5 Å². The summed E-state index contributed by atoms with van der Waals surface area (Å²) in [6, 6.07) is 5.22. The molecule has 1 aromatic carbocycles. The predicted octanol–water partition coefficient (Wildman–Crippen LogP) is 0.961. The maximum absolute atomic E-state index is 9.20. The molecule has 6 nitrogen and oxygen atoms in total. The molecule has 1 aliphatic rings. The van der Waals surface area contributed by atoms with Crippen LogP contribution >= 0.6 is 0 Å². The molecule has 0 saturated heterocycles. The first-order valence-corrected chi connectivity index (χ1v) is 6.01. The largest absolute Gasteiger partial charge is 0.493 e. The Kier molecular flexibility index (Phi) is 4.44. The van der Waals surface area contributed by atoms with Crippen molar-refractivity contribution < 1.29 is 19.3 Å². The van der Waals surface area contributed by atoms with Gasteiger partial charge in [0, 0.05) is 6.61 Å². The average Bonchev–Trinajstić information content (AvgIpc) is 2.91. The van der Waals surface area contributed by atoms with Gasteiger partial charge >= 0.3 is 0 Å². The third kappa shape index (κ3) is 2.89. The number of ether oxygens (including phenoxy) is 3. The average molecular weight is 264 g/mol. The molecule has 1 atom stereocenters. The number of aliphatic hydroxyl groups excluding tert-OH is 1. The highest BCUT2D eigenvalue weighted by atomic mass is 16.7. The second-order valence-corrected chi connectivity index (χ2v) is 4.05.